The number of carbonyl (C=O) groups is 1. The zero-order valence-corrected chi connectivity index (χ0v) is 14.4. The number of aryl methyl sites for hydroxylation is 1. The fraction of sp³-hybridized carbons (Fsp3) is 0.100. The number of halogens is 2. The molecular formula is C20H16F2N2O3. The van der Waals surface area contributed by atoms with Crippen LogP contribution in [0.3, 0.4) is 0 Å². The monoisotopic (exact) mass is 370 g/mol. The molecule has 0 aliphatic rings. The van der Waals surface area contributed by atoms with Crippen LogP contribution in [0.4, 0.5) is 14.5 Å². The predicted octanol–water partition coefficient (Wildman–Crippen LogP) is 4.90. The Kier molecular flexibility index (Phi) is 5.61. The van der Waals surface area contributed by atoms with Gasteiger partial charge in [-0.15, -0.1) is 0 Å². The molecule has 0 bridgehead atoms. The summed E-state index contributed by atoms with van der Waals surface area (Å²) in [4.78, 5) is 16.3. The third kappa shape index (κ3) is 5.01. The fourth-order valence-corrected chi connectivity index (χ4v) is 2.39. The van der Waals surface area contributed by atoms with Crippen molar-refractivity contribution in [3.63, 3.8) is 0 Å². The number of aromatic nitrogens is 1. The van der Waals surface area contributed by atoms with E-state index >= 15 is 0 Å². The zero-order chi connectivity index (χ0) is 19.2. The predicted molar refractivity (Wildman–Crippen MR) is 97.4 cm³/mol. The number of ether oxygens (including phenoxy) is 1. The number of para-hydroxylation sites is 1. The third-order valence-electron chi connectivity index (χ3n) is 3.62. The number of hydrogen-bond donors (Lipinski definition) is 1. The summed E-state index contributed by atoms with van der Waals surface area (Å²) < 4.78 is 34.4. The van der Waals surface area contributed by atoms with E-state index in [0.29, 0.717) is 22.8 Å². The fourth-order valence-electron chi connectivity index (χ4n) is 2.39. The number of nitrogens with zero attached hydrogens (tertiary/aromatic N) is 1. The minimum atomic E-state index is -2.93. The highest BCUT2D eigenvalue weighted by molar-refractivity contribution is 6.02. The Morgan fingerprint density at radius 3 is 2.59 bits per heavy atom. The molecule has 0 aliphatic heterocycles. The molecule has 1 N–H and O–H groups in total. The summed E-state index contributed by atoms with van der Waals surface area (Å²) in [5.74, 6) is 0.180. The molecule has 1 aromatic heterocycles. The maximum atomic E-state index is 12.4. The van der Waals surface area contributed by atoms with Gasteiger partial charge in [-0.3, -0.25) is 4.79 Å². The van der Waals surface area contributed by atoms with Gasteiger partial charge in [-0.2, -0.15) is 8.78 Å². The Labute approximate surface area is 154 Å². The number of benzene rings is 2. The van der Waals surface area contributed by atoms with E-state index in [9.17, 15) is 13.6 Å². The van der Waals surface area contributed by atoms with Gasteiger partial charge >= 0.3 is 6.61 Å². The molecule has 3 aromatic rings. The highest BCUT2D eigenvalue weighted by Gasteiger charge is 2.08. The van der Waals surface area contributed by atoms with Crippen LogP contribution in [0.1, 0.15) is 11.5 Å². The van der Waals surface area contributed by atoms with Gasteiger partial charge in [0.15, 0.2) is 5.89 Å². The Bertz CT molecular complexity index is 950. The van der Waals surface area contributed by atoms with E-state index in [0.717, 1.165) is 5.56 Å². The highest BCUT2D eigenvalue weighted by atomic mass is 19.3. The molecule has 1 heterocycles. The summed E-state index contributed by atoms with van der Waals surface area (Å²) in [6.07, 6.45) is 4.23. The molecular weight excluding hydrogens is 354 g/mol. The lowest BCUT2D eigenvalue weighted by Gasteiger charge is -2.07. The lowest BCUT2D eigenvalue weighted by Crippen LogP contribution is -2.07. The van der Waals surface area contributed by atoms with E-state index in [1.807, 2.05) is 12.1 Å². The molecule has 0 atom stereocenters. The van der Waals surface area contributed by atoms with Gasteiger partial charge in [-0.05, 0) is 24.3 Å². The minimum Gasteiger partial charge on any atom is -0.449 e. The van der Waals surface area contributed by atoms with Gasteiger partial charge in [-0.25, -0.2) is 4.98 Å². The Balaban J connectivity index is 1.65. The maximum absolute atomic E-state index is 12.4. The first-order valence-electron chi connectivity index (χ1n) is 8.07. The first kappa shape index (κ1) is 18.3. The number of anilines is 1. The van der Waals surface area contributed by atoms with Gasteiger partial charge in [0.25, 0.3) is 0 Å². The molecule has 0 saturated heterocycles. The van der Waals surface area contributed by atoms with Crippen LogP contribution in [-0.2, 0) is 4.79 Å². The molecule has 0 radical (unpaired) electrons. The second-order valence-electron chi connectivity index (χ2n) is 5.57. The summed E-state index contributed by atoms with van der Waals surface area (Å²) >= 11 is 0. The van der Waals surface area contributed by atoms with Crippen molar-refractivity contribution < 1.29 is 22.7 Å². The van der Waals surface area contributed by atoms with Gasteiger partial charge < -0.3 is 14.5 Å². The second-order valence-corrected chi connectivity index (χ2v) is 5.57. The molecule has 0 aliphatic carbocycles. The standard InChI is InChI=1S/C20H16F2N2O3/c1-13-23-17(12-26-13)14-6-9-16(10-7-14)24-19(25)11-8-15-4-2-3-5-18(15)27-20(21)22/h2-12,20H,1H3,(H,24,25)/b11-8+. The van der Waals surface area contributed by atoms with Gasteiger partial charge in [0.05, 0.1) is 0 Å². The van der Waals surface area contributed by atoms with Gasteiger partial charge in [0.1, 0.15) is 17.7 Å². The first-order valence-corrected chi connectivity index (χ1v) is 8.07. The van der Waals surface area contributed by atoms with Crippen molar-refractivity contribution in [1.29, 1.82) is 0 Å². The quantitative estimate of drug-likeness (QED) is 0.627. The average molecular weight is 370 g/mol. The maximum Gasteiger partial charge on any atom is 0.387 e. The number of hydrogen-bond acceptors (Lipinski definition) is 4. The molecule has 0 unspecified atom stereocenters. The number of carbonyl (C=O) groups excluding carboxylic acids is 1. The van der Waals surface area contributed by atoms with Crippen molar-refractivity contribution in [2.45, 2.75) is 13.5 Å². The molecule has 0 spiro atoms. The number of alkyl halides is 2. The summed E-state index contributed by atoms with van der Waals surface area (Å²) in [5, 5.41) is 2.70. The third-order valence-corrected chi connectivity index (χ3v) is 3.62. The van der Waals surface area contributed by atoms with Crippen LogP contribution in [0.5, 0.6) is 5.75 Å². The molecule has 0 saturated carbocycles. The average Bonchev–Trinajstić information content (AvgIpc) is 3.07. The van der Waals surface area contributed by atoms with Crippen molar-refractivity contribution in [2.24, 2.45) is 0 Å². The second kappa shape index (κ2) is 8.27. The van der Waals surface area contributed by atoms with E-state index in [1.165, 1.54) is 18.2 Å². The van der Waals surface area contributed by atoms with Crippen LogP contribution >= 0.6 is 0 Å². The van der Waals surface area contributed by atoms with Crippen LogP contribution in [0.2, 0.25) is 0 Å². The van der Waals surface area contributed by atoms with Crippen LogP contribution in [0, 0.1) is 6.92 Å². The largest absolute Gasteiger partial charge is 0.449 e. The van der Waals surface area contributed by atoms with E-state index in [1.54, 1.807) is 43.5 Å². The molecule has 1 amide bonds. The van der Waals surface area contributed by atoms with Crippen molar-refractivity contribution in [1.82, 2.24) is 4.98 Å². The van der Waals surface area contributed by atoms with E-state index < -0.39 is 12.5 Å². The van der Waals surface area contributed by atoms with Crippen molar-refractivity contribution >= 4 is 17.7 Å². The van der Waals surface area contributed by atoms with Crippen LogP contribution in [-0.4, -0.2) is 17.5 Å². The molecule has 27 heavy (non-hydrogen) atoms. The lowest BCUT2D eigenvalue weighted by molar-refractivity contribution is -0.111. The van der Waals surface area contributed by atoms with E-state index in [2.05, 4.69) is 15.0 Å². The Morgan fingerprint density at radius 2 is 1.93 bits per heavy atom. The smallest absolute Gasteiger partial charge is 0.387 e. The number of oxazole rings is 1. The summed E-state index contributed by atoms with van der Waals surface area (Å²) in [6.45, 7) is -1.17. The van der Waals surface area contributed by atoms with E-state index in [-0.39, 0.29) is 5.75 Å². The number of nitrogens with one attached hydrogen (secondary N) is 1. The summed E-state index contributed by atoms with van der Waals surface area (Å²) in [6, 6.07) is 13.3. The lowest BCUT2D eigenvalue weighted by atomic mass is 10.1. The molecule has 0 fully saturated rings. The Morgan fingerprint density at radius 1 is 1.19 bits per heavy atom. The van der Waals surface area contributed by atoms with Crippen molar-refractivity contribution in [3.8, 4) is 17.0 Å². The van der Waals surface area contributed by atoms with Crippen LogP contribution < -0.4 is 10.1 Å². The first-order chi connectivity index (χ1) is 13.0. The van der Waals surface area contributed by atoms with Gasteiger partial charge in [0.2, 0.25) is 5.91 Å². The van der Waals surface area contributed by atoms with Gasteiger partial charge in [0, 0.05) is 29.8 Å². The SMILES string of the molecule is Cc1nc(-c2ccc(NC(=O)/C=C/c3ccccc3OC(F)F)cc2)co1. The summed E-state index contributed by atoms with van der Waals surface area (Å²) in [7, 11) is 0. The molecule has 5 nitrogen and oxygen atoms in total. The molecule has 3 rings (SSSR count). The van der Waals surface area contributed by atoms with Gasteiger partial charge in [-0.1, -0.05) is 30.3 Å². The molecule has 7 heteroatoms. The normalized spacial score (nSPS) is 11.1. The number of rotatable bonds is 6. The van der Waals surface area contributed by atoms with Crippen molar-refractivity contribution in [2.75, 3.05) is 5.32 Å². The molecule has 2 aromatic carbocycles. The van der Waals surface area contributed by atoms with Crippen LogP contribution in [0.15, 0.2) is 65.3 Å². The highest BCUT2D eigenvalue weighted by Crippen LogP contribution is 2.22. The topological polar surface area (TPSA) is 64.4 Å². The van der Waals surface area contributed by atoms with Crippen molar-refractivity contribution in [3.05, 3.63) is 72.3 Å². The van der Waals surface area contributed by atoms with E-state index in [4.69, 9.17) is 4.42 Å². The Hall–Kier alpha value is -3.48. The zero-order valence-electron chi connectivity index (χ0n) is 14.4. The molecule has 138 valence electrons. The minimum absolute atomic E-state index is 0.00353. The summed E-state index contributed by atoms with van der Waals surface area (Å²) in [5.41, 5.74) is 2.54. The van der Waals surface area contributed by atoms with Crippen LogP contribution in [0.25, 0.3) is 17.3 Å². The number of amides is 1.